The van der Waals surface area contributed by atoms with Gasteiger partial charge in [-0.1, -0.05) is 36.4 Å². The third-order valence-corrected chi connectivity index (χ3v) is 9.70. The van der Waals surface area contributed by atoms with Crippen LogP contribution in [0.1, 0.15) is 54.5 Å². The van der Waals surface area contributed by atoms with Gasteiger partial charge >= 0.3 is 6.01 Å². The summed E-state index contributed by atoms with van der Waals surface area (Å²) in [5.41, 5.74) is 5.78. The number of hydrogen-bond donors (Lipinski definition) is 2. The summed E-state index contributed by atoms with van der Waals surface area (Å²) in [5.74, 6) is 1.17. The molecular formula is C30H35N5O. The monoisotopic (exact) mass is 481 g/mol. The third-order valence-electron chi connectivity index (χ3n) is 9.70. The van der Waals surface area contributed by atoms with Crippen molar-refractivity contribution < 1.29 is 4.74 Å². The number of anilines is 1. The highest BCUT2D eigenvalue weighted by Gasteiger charge is 2.45. The van der Waals surface area contributed by atoms with Crippen LogP contribution in [0.15, 0.2) is 36.4 Å². The number of nitrogens with zero attached hydrogens (tertiary/aromatic N) is 3. The first-order valence-corrected chi connectivity index (χ1v) is 14.0. The van der Waals surface area contributed by atoms with E-state index >= 15 is 0 Å². The van der Waals surface area contributed by atoms with E-state index in [1.54, 1.807) is 0 Å². The van der Waals surface area contributed by atoms with Gasteiger partial charge in [-0.15, -0.1) is 0 Å². The summed E-state index contributed by atoms with van der Waals surface area (Å²) in [7, 11) is 0. The van der Waals surface area contributed by atoms with E-state index in [9.17, 15) is 0 Å². The Hall–Kier alpha value is -2.70. The molecule has 8 rings (SSSR count). The van der Waals surface area contributed by atoms with Crippen LogP contribution in [0.5, 0.6) is 6.01 Å². The lowest BCUT2D eigenvalue weighted by Crippen LogP contribution is -2.53. The molecule has 3 saturated heterocycles. The van der Waals surface area contributed by atoms with E-state index in [2.05, 4.69) is 51.9 Å². The summed E-state index contributed by atoms with van der Waals surface area (Å²) in [5, 5.41) is 10.1. The zero-order valence-corrected chi connectivity index (χ0v) is 20.9. The average molecular weight is 482 g/mol. The molecule has 2 bridgehead atoms. The Balaban J connectivity index is 1.20. The van der Waals surface area contributed by atoms with E-state index in [-0.39, 0.29) is 5.41 Å². The number of ether oxygens (including phenoxy) is 1. The van der Waals surface area contributed by atoms with Gasteiger partial charge in [0.15, 0.2) is 0 Å². The fourth-order valence-electron chi connectivity index (χ4n) is 8.00. The fraction of sp³-hybridized carbons (Fsp3) is 0.533. The predicted octanol–water partition coefficient (Wildman–Crippen LogP) is 3.68. The summed E-state index contributed by atoms with van der Waals surface area (Å²) >= 11 is 0. The molecule has 2 aliphatic carbocycles. The van der Waals surface area contributed by atoms with Crippen LogP contribution in [0.3, 0.4) is 0 Å². The Morgan fingerprint density at radius 3 is 2.69 bits per heavy atom. The molecule has 6 nitrogen and oxygen atoms in total. The molecule has 36 heavy (non-hydrogen) atoms. The summed E-state index contributed by atoms with van der Waals surface area (Å²) in [6.07, 6.45) is 9.20. The van der Waals surface area contributed by atoms with Crippen molar-refractivity contribution in [2.24, 2.45) is 0 Å². The molecule has 1 unspecified atom stereocenters. The minimum atomic E-state index is 0.133. The Bertz CT molecular complexity index is 1310. The second kappa shape index (κ2) is 8.15. The Morgan fingerprint density at radius 2 is 1.86 bits per heavy atom. The molecule has 5 aliphatic rings. The van der Waals surface area contributed by atoms with Crippen molar-refractivity contribution in [2.45, 2.75) is 74.9 Å². The van der Waals surface area contributed by atoms with E-state index in [1.807, 2.05) is 0 Å². The minimum absolute atomic E-state index is 0.133. The van der Waals surface area contributed by atoms with Crippen molar-refractivity contribution in [1.82, 2.24) is 20.6 Å². The lowest BCUT2D eigenvalue weighted by atomic mass is 9.69. The van der Waals surface area contributed by atoms with Crippen LogP contribution in [0.4, 0.5) is 5.82 Å². The molecule has 3 aromatic rings. The van der Waals surface area contributed by atoms with Crippen molar-refractivity contribution >= 4 is 16.6 Å². The third kappa shape index (κ3) is 3.23. The molecule has 6 heteroatoms. The predicted molar refractivity (Wildman–Crippen MR) is 142 cm³/mol. The summed E-state index contributed by atoms with van der Waals surface area (Å²) in [4.78, 5) is 12.9. The normalized spacial score (nSPS) is 30.3. The van der Waals surface area contributed by atoms with Gasteiger partial charge in [0.2, 0.25) is 0 Å². The second-order valence-corrected chi connectivity index (χ2v) is 11.8. The van der Waals surface area contributed by atoms with Gasteiger partial charge < -0.3 is 20.3 Å². The first kappa shape index (κ1) is 21.4. The van der Waals surface area contributed by atoms with Crippen LogP contribution in [0.25, 0.3) is 10.8 Å². The Labute approximate surface area is 212 Å². The van der Waals surface area contributed by atoms with E-state index in [0.717, 1.165) is 45.3 Å². The lowest BCUT2D eigenvalue weighted by Gasteiger charge is -2.41. The minimum Gasteiger partial charge on any atom is -0.462 e. The first-order valence-electron chi connectivity index (χ1n) is 14.0. The molecule has 1 spiro atoms. The van der Waals surface area contributed by atoms with Crippen molar-refractivity contribution in [1.29, 1.82) is 0 Å². The molecule has 2 aromatic carbocycles. The first-order chi connectivity index (χ1) is 17.8. The van der Waals surface area contributed by atoms with Crippen molar-refractivity contribution in [2.75, 3.05) is 31.1 Å². The molecule has 2 N–H and O–H groups in total. The second-order valence-electron chi connectivity index (χ2n) is 11.8. The van der Waals surface area contributed by atoms with E-state index in [0.29, 0.717) is 30.7 Å². The number of piperazine rings is 1. The van der Waals surface area contributed by atoms with Crippen LogP contribution < -0.4 is 20.3 Å². The van der Waals surface area contributed by atoms with Crippen molar-refractivity contribution in [3.63, 3.8) is 0 Å². The number of hydrogen-bond acceptors (Lipinski definition) is 6. The van der Waals surface area contributed by atoms with Crippen molar-refractivity contribution in [3.8, 4) is 6.01 Å². The zero-order valence-electron chi connectivity index (χ0n) is 20.9. The topological polar surface area (TPSA) is 62.3 Å². The Kier molecular flexibility index (Phi) is 4.84. The highest BCUT2D eigenvalue weighted by atomic mass is 16.5. The van der Waals surface area contributed by atoms with Gasteiger partial charge in [0.1, 0.15) is 12.4 Å². The SMILES string of the molecule is c1cc2c3c(cccc3c1)C1(CCc3c(nc(OC[C@@H]4CCCN4)nc3N3[C@@H]4CC[C@H]3CNC4)C1)C2. The van der Waals surface area contributed by atoms with Gasteiger partial charge in [0.25, 0.3) is 0 Å². The quantitative estimate of drug-likeness (QED) is 0.593. The summed E-state index contributed by atoms with van der Waals surface area (Å²) < 4.78 is 6.32. The maximum Gasteiger partial charge on any atom is 0.318 e. The molecule has 0 amide bonds. The average Bonchev–Trinajstić information content (AvgIpc) is 3.59. The maximum absolute atomic E-state index is 6.32. The number of aromatic nitrogens is 2. The number of benzene rings is 2. The van der Waals surface area contributed by atoms with Gasteiger partial charge in [-0.05, 0) is 73.4 Å². The molecule has 1 aromatic heterocycles. The largest absolute Gasteiger partial charge is 0.462 e. The number of rotatable bonds is 4. The highest BCUT2D eigenvalue weighted by molar-refractivity contribution is 5.92. The molecule has 4 heterocycles. The lowest BCUT2D eigenvalue weighted by molar-refractivity contribution is 0.254. The molecule has 186 valence electrons. The van der Waals surface area contributed by atoms with Gasteiger partial charge in [0.05, 0.1) is 5.69 Å². The molecule has 0 radical (unpaired) electrons. The maximum atomic E-state index is 6.32. The van der Waals surface area contributed by atoms with Gasteiger partial charge in [-0.3, -0.25) is 0 Å². The highest BCUT2D eigenvalue weighted by Crippen LogP contribution is 2.50. The van der Waals surface area contributed by atoms with E-state index in [1.165, 1.54) is 64.7 Å². The summed E-state index contributed by atoms with van der Waals surface area (Å²) in [6.45, 7) is 3.85. The van der Waals surface area contributed by atoms with Gasteiger partial charge in [-0.25, -0.2) is 0 Å². The van der Waals surface area contributed by atoms with Crippen LogP contribution >= 0.6 is 0 Å². The van der Waals surface area contributed by atoms with E-state index < -0.39 is 0 Å². The number of fused-ring (bicyclic) bond motifs is 4. The summed E-state index contributed by atoms with van der Waals surface area (Å²) in [6, 6.07) is 15.8. The molecule has 0 saturated carbocycles. The van der Waals surface area contributed by atoms with Crippen LogP contribution in [0, 0.1) is 0 Å². The fourth-order valence-corrected chi connectivity index (χ4v) is 8.00. The van der Waals surface area contributed by atoms with Gasteiger partial charge in [0, 0.05) is 48.6 Å². The Morgan fingerprint density at radius 1 is 1.00 bits per heavy atom. The van der Waals surface area contributed by atoms with Gasteiger partial charge in [-0.2, -0.15) is 9.97 Å². The van der Waals surface area contributed by atoms with Crippen molar-refractivity contribution in [3.05, 3.63) is 58.8 Å². The molecule has 3 aliphatic heterocycles. The molecular weight excluding hydrogens is 446 g/mol. The molecule has 3 fully saturated rings. The van der Waals surface area contributed by atoms with E-state index in [4.69, 9.17) is 14.7 Å². The number of nitrogens with one attached hydrogen (secondary N) is 2. The van der Waals surface area contributed by atoms with Crippen LogP contribution in [-0.2, 0) is 24.7 Å². The standard InChI is InChI=1S/C30H35N5O/c1-4-19-5-2-8-25-27(19)20(6-1)14-30(25)12-11-24-26(15-30)33-29(36-18-21-7-3-13-32-21)34-28(24)35-22-9-10-23(35)17-31-16-22/h1-2,4-6,8,21-23,31-32H,3,7,9-18H2/t21-,22-,23+,30?/m0/s1. The zero-order chi connectivity index (χ0) is 23.7. The smallest absolute Gasteiger partial charge is 0.318 e. The van der Waals surface area contributed by atoms with Crippen LogP contribution in [-0.4, -0.2) is 54.3 Å². The molecule has 4 atom stereocenters. The van der Waals surface area contributed by atoms with Crippen LogP contribution in [0.2, 0.25) is 0 Å².